The van der Waals surface area contributed by atoms with Crippen LogP contribution in [0.3, 0.4) is 0 Å². The number of hydrogen-bond donors (Lipinski definition) is 2. The Morgan fingerprint density at radius 3 is 2.26 bits per heavy atom. The quantitative estimate of drug-likeness (QED) is 0.342. The molecule has 178 valence electrons. The molecule has 1 unspecified atom stereocenters. The Labute approximate surface area is 219 Å². The lowest BCUT2D eigenvalue weighted by atomic mass is 9.96. The zero-order valence-corrected chi connectivity index (χ0v) is 22.1. The van der Waals surface area contributed by atoms with Gasteiger partial charge in [0.25, 0.3) is 0 Å². The van der Waals surface area contributed by atoms with E-state index in [-0.39, 0.29) is 10.9 Å². The van der Waals surface area contributed by atoms with E-state index in [0.717, 1.165) is 5.56 Å². The first kappa shape index (κ1) is 25.3. The largest absolute Gasteiger partial charge is 0.302 e. The molecular formula is C24H21Cl4N3O2S. The topological polar surface area (TPSA) is 70.6 Å². The highest BCUT2D eigenvalue weighted by atomic mass is 35.5. The molecule has 0 radical (unpaired) electrons. The SMILES string of the molecule is Cc1cc(S(=O)(=O)N[C@H](C2=NNC(c3ccc(Cl)cc3)C2)c2ccc(Cl)cc2Cl)c(C)cc1Cl. The van der Waals surface area contributed by atoms with E-state index in [1.807, 2.05) is 12.1 Å². The maximum absolute atomic E-state index is 13.5. The van der Waals surface area contributed by atoms with E-state index in [1.54, 1.807) is 56.3 Å². The van der Waals surface area contributed by atoms with E-state index in [9.17, 15) is 8.42 Å². The molecule has 0 saturated heterocycles. The first-order chi connectivity index (χ1) is 16.0. The molecule has 3 aromatic carbocycles. The van der Waals surface area contributed by atoms with Crippen molar-refractivity contribution in [3.63, 3.8) is 0 Å². The Bertz CT molecular complexity index is 1380. The molecule has 0 aromatic heterocycles. The lowest BCUT2D eigenvalue weighted by Gasteiger charge is -2.22. The second-order valence-corrected chi connectivity index (χ2v) is 11.5. The van der Waals surface area contributed by atoms with Gasteiger partial charge < -0.3 is 5.43 Å². The predicted octanol–water partition coefficient (Wildman–Crippen LogP) is 7.03. The molecule has 1 aliphatic rings. The summed E-state index contributed by atoms with van der Waals surface area (Å²) in [5.74, 6) is 0. The Balaban J connectivity index is 1.71. The molecule has 0 bridgehead atoms. The zero-order valence-electron chi connectivity index (χ0n) is 18.2. The number of aryl methyl sites for hydroxylation is 2. The number of sulfonamides is 1. The van der Waals surface area contributed by atoms with Crippen molar-refractivity contribution in [2.75, 3.05) is 0 Å². The van der Waals surface area contributed by atoms with E-state index in [1.165, 1.54) is 0 Å². The molecule has 1 aliphatic heterocycles. The van der Waals surface area contributed by atoms with Crippen molar-refractivity contribution in [1.29, 1.82) is 0 Å². The minimum atomic E-state index is -3.96. The van der Waals surface area contributed by atoms with Crippen LogP contribution in [0, 0.1) is 13.8 Å². The molecule has 5 nitrogen and oxygen atoms in total. The average molecular weight is 557 g/mol. The molecule has 4 rings (SSSR count). The van der Waals surface area contributed by atoms with E-state index < -0.39 is 16.1 Å². The number of benzene rings is 3. The van der Waals surface area contributed by atoms with Crippen LogP contribution in [-0.4, -0.2) is 14.1 Å². The highest BCUT2D eigenvalue weighted by Gasteiger charge is 2.33. The van der Waals surface area contributed by atoms with Crippen LogP contribution in [0.5, 0.6) is 0 Å². The molecule has 0 aliphatic carbocycles. The number of rotatable bonds is 6. The van der Waals surface area contributed by atoms with Gasteiger partial charge in [0.2, 0.25) is 10.0 Å². The average Bonchev–Trinajstić information content (AvgIpc) is 3.25. The van der Waals surface area contributed by atoms with Crippen molar-refractivity contribution in [3.05, 3.63) is 96.9 Å². The molecule has 2 atom stereocenters. The summed E-state index contributed by atoms with van der Waals surface area (Å²) in [4.78, 5) is 0.144. The van der Waals surface area contributed by atoms with Gasteiger partial charge in [-0.2, -0.15) is 9.82 Å². The van der Waals surface area contributed by atoms with Crippen LogP contribution in [-0.2, 0) is 10.0 Å². The second-order valence-electron chi connectivity index (χ2n) is 8.13. The lowest BCUT2D eigenvalue weighted by Crippen LogP contribution is -2.34. The third-order valence-corrected chi connectivity index (χ3v) is 8.46. The Kier molecular flexibility index (Phi) is 7.48. The van der Waals surface area contributed by atoms with E-state index >= 15 is 0 Å². The predicted molar refractivity (Wildman–Crippen MR) is 140 cm³/mol. The summed E-state index contributed by atoms with van der Waals surface area (Å²) in [6.07, 6.45) is 0.465. The molecule has 0 amide bonds. The maximum atomic E-state index is 13.5. The summed E-state index contributed by atoms with van der Waals surface area (Å²) in [5, 5.41) is 6.40. The maximum Gasteiger partial charge on any atom is 0.241 e. The summed E-state index contributed by atoms with van der Waals surface area (Å²) < 4.78 is 29.8. The number of halogens is 4. The van der Waals surface area contributed by atoms with Gasteiger partial charge in [-0.1, -0.05) is 64.6 Å². The summed E-state index contributed by atoms with van der Waals surface area (Å²) in [5.41, 5.74) is 6.43. The molecule has 2 N–H and O–H groups in total. The van der Waals surface area contributed by atoms with Crippen LogP contribution in [0.2, 0.25) is 20.1 Å². The molecule has 10 heteroatoms. The third kappa shape index (κ3) is 5.38. The van der Waals surface area contributed by atoms with Gasteiger partial charge >= 0.3 is 0 Å². The van der Waals surface area contributed by atoms with Gasteiger partial charge in [0.15, 0.2) is 0 Å². The standard InChI is InChI=1S/C24H21Cl4N3O2S/c1-13-10-23(14(2)9-19(13)27)34(32,33)31-24(18-8-7-17(26)11-20(18)28)22-12-21(29-30-22)15-3-5-16(25)6-4-15/h3-11,21,24,29,31H,12H2,1-2H3/t21?,24-/m0/s1. The zero-order chi connectivity index (χ0) is 24.6. The molecule has 3 aromatic rings. The van der Waals surface area contributed by atoms with Crippen molar-refractivity contribution < 1.29 is 8.42 Å². The molecule has 0 spiro atoms. The Morgan fingerprint density at radius 1 is 0.912 bits per heavy atom. The highest BCUT2D eigenvalue weighted by Crippen LogP contribution is 2.34. The van der Waals surface area contributed by atoms with Gasteiger partial charge in [-0.25, -0.2) is 8.42 Å². The number of hydrogen-bond acceptors (Lipinski definition) is 4. The lowest BCUT2D eigenvalue weighted by molar-refractivity contribution is 0.575. The van der Waals surface area contributed by atoms with Gasteiger partial charge in [-0.15, -0.1) is 0 Å². The molecule has 1 heterocycles. The summed E-state index contributed by atoms with van der Waals surface area (Å²) >= 11 is 24.8. The fraction of sp³-hybridized carbons (Fsp3) is 0.208. The van der Waals surface area contributed by atoms with E-state index in [4.69, 9.17) is 46.4 Å². The fourth-order valence-corrected chi connectivity index (χ4v) is 6.22. The van der Waals surface area contributed by atoms with Crippen LogP contribution in [0.25, 0.3) is 0 Å². The minimum Gasteiger partial charge on any atom is -0.302 e. The van der Waals surface area contributed by atoms with Gasteiger partial charge in [-0.05, 0) is 72.5 Å². The van der Waals surface area contributed by atoms with Crippen LogP contribution >= 0.6 is 46.4 Å². The fourth-order valence-electron chi connectivity index (χ4n) is 3.84. The number of hydrazone groups is 1. The molecule has 0 fully saturated rings. The van der Waals surface area contributed by atoms with Crippen molar-refractivity contribution >= 4 is 62.1 Å². The monoisotopic (exact) mass is 555 g/mol. The molecular weight excluding hydrogens is 536 g/mol. The molecule has 34 heavy (non-hydrogen) atoms. The van der Waals surface area contributed by atoms with Crippen molar-refractivity contribution in [2.45, 2.75) is 37.2 Å². The Morgan fingerprint density at radius 2 is 1.59 bits per heavy atom. The minimum absolute atomic E-state index is 0.134. The van der Waals surface area contributed by atoms with Crippen molar-refractivity contribution in [3.8, 4) is 0 Å². The second kappa shape index (κ2) is 10.1. The van der Waals surface area contributed by atoms with Crippen LogP contribution < -0.4 is 10.1 Å². The van der Waals surface area contributed by atoms with Crippen LogP contribution in [0.4, 0.5) is 0 Å². The van der Waals surface area contributed by atoms with Gasteiger partial charge in [0.1, 0.15) is 0 Å². The smallest absolute Gasteiger partial charge is 0.241 e. The summed E-state index contributed by atoms with van der Waals surface area (Å²) in [6, 6.07) is 14.6. The first-order valence-electron chi connectivity index (χ1n) is 10.4. The molecule has 0 saturated carbocycles. The highest BCUT2D eigenvalue weighted by molar-refractivity contribution is 7.89. The van der Waals surface area contributed by atoms with Crippen molar-refractivity contribution in [1.82, 2.24) is 10.1 Å². The normalized spacial score (nSPS) is 16.8. The van der Waals surface area contributed by atoms with E-state index in [0.29, 0.717) is 48.9 Å². The van der Waals surface area contributed by atoms with Gasteiger partial charge in [0, 0.05) is 26.5 Å². The number of nitrogens with zero attached hydrogens (tertiary/aromatic N) is 1. The van der Waals surface area contributed by atoms with Gasteiger partial charge in [0.05, 0.1) is 22.7 Å². The summed E-state index contributed by atoms with van der Waals surface area (Å²) in [6.45, 7) is 3.46. The Hall–Kier alpha value is -1.80. The third-order valence-electron chi connectivity index (χ3n) is 5.68. The van der Waals surface area contributed by atoms with Crippen LogP contribution in [0.1, 0.15) is 40.8 Å². The van der Waals surface area contributed by atoms with Crippen molar-refractivity contribution in [2.24, 2.45) is 5.10 Å². The van der Waals surface area contributed by atoms with Gasteiger partial charge in [-0.3, -0.25) is 0 Å². The summed E-state index contributed by atoms with van der Waals surface area (Å²) in [7, 11) is -3.96. The van der Waals surface area contributed by atoms with Crippen LogP contribution in [0.15, 0.2) is 64.6 Å². The van der Waals surface area contributed by atoms with E-state index in [2.05, 4.69) is 15.2 Å². The first-order valence-corrected chi connectivity index (χ1v) is 13.4. The number of nitrogens with one attached hydrogen (secondary N) is 2.